The Labute approximate surface area is 101 Å². The van der Waals surface area contributed by atoms with Crippen LogP contribution in [0.1, 0.15) is 24.0 Å². The molecule has 2 aromatic carbocycles. The van der Waals surface area contributed by atoms with E-state index in [0.29, 0.717) is 5.75 Å². The molecular formula is C15H16O2. The van der Waals surface area contributed by atoms with Gasteiger partial charge in [-0.1, -0.05) is 24.3 Å². The average Bonchev–Trinajstić information content (AvgIpc) is 2.40. The summed E-state index contributed by atoms with van der Waals surface area (Å²) in [5.74, 6) is 1.41. The third kappa shape index (κ3) is 1.47. The molecule has 1 aliphatic rings. The van der Waals surface area contributed by atoms with E-state index in [-0.39, 0.29) is 0 Å². The molecule has 0 spiro atoms. The van der Waals surface area contributed by atoms with Crippen molar-refractivity contribution in [3.63, 3.8) is 0 Å². The van der Waals surface area contributed by atoms with Crippen molar-refractivity contribution in [1.82, 2.24) is 0 Å². The summed E-state index contributed by atoms with van der Waals surface area (Å²) in [6, 6.07) is 7.92. The lowest BCUT2D eigenvalue weighted by Gasteiger charge is -2.22. The molecule has 0 aromatic heterocycles. The lowest BCUT2D eigenvalue weighted by molar-refractivity contribution is 0.407. The molecule has 0 atom stereocenters. The Morgan fingerprint density at radius 2 is 1.65 bits per heavy atom. The number of methoxy groups -OCH3 is 1. The molecule has 17 heavy (non-hydrogen) atoms. The fourth-order valence-electron chi connectivity index (χ4n) is 2.86. The Bertz CT molecular complexity index is 573. The van der Waals surface area contributed by atoms with E-state index in [1.54, 1.807) is 7.11 Å². The molecule has 2 nitrogen and oxygen atoms in total. The maximum atomic E-state index is 10.4. The largest absolute Gasteiger partial charge is 0.507 e. The second kappa shape index (κ2) is 3.95. The maximum Gasteiger partial charge on any atom is 0.130 e. The average molecular weight is 228 g/mol. The second-order valence-corrected chi connectivity index (χ2v) is 4.59. The van der Waals surface area contributed by atoms with Crippen molar-refractivity contribution in [2.24, 2.45) is 0 Å². The lowest BCUT2D eigenvalue weighted by atomic mass is 9.87. The monoisotopic (exact) mass is 228 g/mol. The van der Waals surface area contributed by atoms with E-state index in [4.69, 9.17) is 4.74 Å². The number of hydrogen-bond acceptors (Lipinski definition) is 2. The molecule has 0 bridgehead atoms. The molecule has 1 N–H and O–H groups in total. The van der Waals surface area contributed by atoms with Crippen molar-refractivity contribution in [2.75, 3.05) is 7.11 Å². The number of benzene rings is 2. The van der Waals surface area contributed by atoms with Crippen LogP contribution in [0.3, 0.4) is 0 Å². The molecule has 0 amide bonds. The first kappa shape index (κ1) is 10.5. The number of rotatable bonds is 1. The van der Waals surface area contributed by atoms with Gasteiger partial charge in [0.1, 0.15) is 11.5 Å². The Morgan fingerprint density at radius 1 is 1.00 bits per heavy atom. The van der Waals surface area contributed by atoms with Gasteiger partial charge < -0.3 is 9.84 Å². The van der Waals surface area contributed by atoms with Gasteiger partial charge in [0.2, 0.25) is 0 Å². The number of phenolic OH excluding ortho intramolecular Hbond substituents is 1. The zero-order chi connectivity index (χ0) is 11.8. The molecule has 0 fully saturated rings. The minimum absolute atomic E-state index is 0.455. The van der Waals surface area contributed by atoms with E-state index < -0.39 is 0 Å². The Balaban J connectivity index is 2.43. The zero-order valence-corrected chi connectivity index (χ0v) is 9.99. The van der Waals surface area contributed by atoms with Crippen LogP contribution in [0.2, 0.25) is 0 Å². The highest BCUT2D eigenvalue weighted by molar-refractivity contribution is 5.95. The highest BCUT2D eigenvalue weighted by Gasteiger charge is 2.21. The predicted molar refractivity (Wildman–Crippen MR) is 68.8 cm³/mol. The highest BCUT2D eigenvalue weighted by atomic mass is 16.5. The van der Waals surface area contributed by atoms with Gasteiger partial charge in [-0.2, -0.15) is 0 Å². The van der Waals surface area contributed by atoms with Gasteiger partial charge in [-0.3, -0.25) is 0 Å². The van der Waals surface area contributed by atoms with E-state index >= 15 is 0 Å². The standard InChI is InChI=1S/C15H16O2/c1-17-15-12-8-4-2-6-10(12)14(16)11-7-3-5-9-13(11)15/h2,4,6,8,16H,3,5,7,9H2,1H3. The number of hydrogen-bond donors (Lipinski definition) is 1. The predicted octanol–water partition coefficient (Wildman–Crippen LogP) is 3.43. The Morgan fingerprint density at radius 3 is 2.35 bits per heavy atom. The topological polar surface area (TPSA) is 29.5 Å². The summed E-state index contributed by atoms with van der Waals surface area (Å²) in [7, 11) is 1.72. The first-order chi connectivity index (χ1) is 8.33. The molecule has 0 heterocycles. The fourth-order valence-corrected chi connectivity index (χ4v) is 2.86. The van der Waals surface area contributed by atoms with Gasteiger partial charge in [0.15, 0.2) is 0 Å². The molecular weight excluding hydrogens is 212 g/mol. The number of aromatic hydroxyl groups is 1. The highest BCUT2D eigenvalue weighted by Crippen LogP contribution is 2.43. The second-order valence-electron chi connectivity index (χ2n) is 4.59. The van der Waals surface area contributed by atoms with Crippen LogP contribution in [-0.4, -0.2) is 12.2 Å². The molecule has 0 unspecified atom stereocenters. The Hall–Kier alpha value is -1.70. The van der Waals surface area contributed by atoms with Crippen LogP contribution in [0.15, 0.2) is 24.3 Å². The van der Waals surface area contributed by atoms with Gasteiger partial charge in [0.25, 0.3) is 0 Å². The summed E-state index contributed by atoms with van der Waals surface area (Å²) in [5, 5.41) is 12.3. The summed E-state index contributed by atoms with van der Waals surface area (Å²) in [5.41, 5.74) is 2.29. The van der Waals surface area contributed by atoms with Crippen molar-refractivity contribution in [3.8, 4) is 11.5 Å². The van der Waals surface area contributed by atoms with Crippen LogP contribution in [0.4, 0.5) is 0 Å². The molecule has 3 rings (SSSR count). The summed E-state index contributed by atoms with van der Waals surface area (Å²) in [4.78, 5) is 0. The third-order valence-corrected chi connectivity index (χ3v) is 3.66. The molecule has 88 valence electrons. The fraction of sp³-hybridized carbons (Fsp3) is 0.333. The third-order valence-electron chi connectivity index (χ3n) is 3.66. The summed E-state index contributed by atoms with van der Waals surface area (Å²) in [6.45, 7) is 0. The van der Waals surface area contributed by atoms with E-state index in [1.165, 1.54) is 12.0 Å². The molecule has 2 heteroatoms. The molecule has 0 radical (unpaired) electrons. The van der Waals surface area contributed by atoms with Crippen LogP contribution < -0.4 is 4.74 Å². The summed E-state index contributed by atoms with van der Waals surface area (Å²) in [6.07, 6.45) is 4.31. The van der Waals surface area contributed by atoms with Crippen LogP contribution in [-0.2, 0) is 12.8 Å². The van der Waals surface area contributed by atoms with Crippen molar-refractivity contribution >= 4 is 10.8 Å². The van der Waals surface area contributed by atoms with Gasteiger partial charge >= 0.3 is 0 Å². The summed E-state index contributed by atoms with van der Waals surface area (Å²) < 4.78 is 5.57. The number of fused-ring (bicyclic) bond motifs is 2. The Kier molecular flexibility index (Phi) is 2.43. The zero-order valence-electron chi connectivity index (χ0n) is 9.99. The number of ether oxygens (including phenoxy) is 1. The maximum absolute atomic E-state index is 10.4. The van der Waals surface area contributed by atoms with Gasteiger partial charge in [0.05, 0.1) is 7.11 Å². The summed E-state index contributed by atoms with van der Waals surface area (Å²) >= 11 is 0. The van der Waals surface area contributed by atoms with Crippen LogP contribution in [0.5, 0.6) is 11.5 Å². The smallest absolute Gasteiger partial charge is 0.130 e. The number of phenols is 1. The first-order valence-electron chi connectivity index (χ1n) is 6.12. The molecule has 2 aromatic rings. The van der Waals surface area contributed by atoms with Crippen LogP contribution in [0, 0.1) is 0 Å². The van der Waals surface area contributed by atoms with Crippen LogP contribution in [0.25, 0.3) is 10.8 Å². The normalized spacial score (nSPS) is 14.6. The molecule has 0 aliphatic heterocycles. The van der Waals surface area contributed by atoms with Gasteiger partial charge in [0, 0.05) is 21.9 Å². The van der Waals surface area contributed by atoms with Crippen molar-refractivity contribution in [1.29, 1.82) is 0 Å². The first-order valence-corrected chi connectivity index (χ1v) is 6.12. The van der Waals surface area contributed by atoms with Crippen LogP contribution >= 0.6 is 0 Å². The quantitative estimate of drug-likeness (QED) is 0.810. The van der Waals surface area contributed by atoms with Crippen molar-refractivity contribution in [2.45, 2.75) is 25.7 Å². The molecule has 1 aliphatic carbocycles. The molecule has 0 saturated carbocycles. The minimum Gasteiger partial charge on any atom is -0.507 e. The van der Waals surface area contributed by atoms with Gasteiger partial charge in [-0.15, -0.1) is 0 Å². The lowest BCUT2D eigenvalue weighted by Crippen LogP contribution is -2.06. The van der Waals surface area contributed by atoms with E-state index in [1.807, 2.05) is 24.3 Å². The van der Waals surface area contributed by atoms with Gasteiger partial charge in [-0.25, -0.2) is 0 Å². The minimum atomic E-state index is 0.455. The van der Waals surface area contributed by atoms with Crippen molar-refractivity contribution < 1.29 is 9.84 Å². The van der Waals surface area contributed by atoms with Gasteiger partial charge in [-0.05, 0) is 25.7 Å². The van der Waals surface area contributed by atoms with E-state index in [2.05, 4.69) is 0 Å². The van der Waals surface area contributed by atoms with Crippen molar-refractivity contribution in [3.05, 3.63) is 35.4 Å². The van der Waals surface area contributed by atoms with E-state index in [9.17, 15) is 5.11 Å². The van der Waals surface area contributed by atoms with E-state index in [0.717, 1.165) is 41.3 Å². The SMILES string of the molecule is COc1c2c(c(O)c3ccccc13)CCCC2. The molecule has 0 saturated heterocycles.